The molecular weight excluding hydrogens is 272 g/mol. The van der Waals surface area contributed by atoms with Gasteiger partial charge in [-0.2, -0.15) is 5.10 Å². The zero-order valence-corrected chi connectivity index (χ0v) is 10.4. The van der Waals surface area contributed by atoms with Crippen LogP contribution in [0.5, 0.6) is 0 Å². The lowest BCUT2D eigenvalue weighted by atomic mass is 10.1. The first kappa shape index (κ1) is 11.1. The molecule has 4 nitrogen and oxygen atoms in total. The van der Waals surface area contributed by atoms with Crippen molar-refractivity contribution in [2.24, 2.45) is 7.05 Å². The van der Waals surface area contributed by atoms with Crippen LogP contribution in [-0.4, -0.2) is 20.9 Å². The van der Waals surface area contributed by atoms with E-state index in [0.29, 0.717) is 6.42 Å². The normalized spacial score (nSPS) is 10.9. The first-order valence-corrected chi connectivity index (χ1v) is 5.71. The topological polar surface area (TPSA) is 55.1 Å². The maximum absolute atomic E-state index is 10.5. The largest absolute Gasteiger partial charge is 0.481 e. The molecule has 0 aliphatic carbocycles. The molecule has 0 saturated carbocycles. The second-order valence-corrected chi connectivity index (χ2v) is 4.37. The molecule has 5 heteroatoms. The lowest BCUT2D eigenvalue weighted by molar-refractivity contribution is -0.136. The van der Waals surface area contributed by atoms with Crippen LogP contribution in [0.4, 0.5) is 0 Å². The number of aryl methyl sites for hydroxylation is 2. The van der Waals surface area contributed by atoms with E-state index in [1.54, 1.807) is 4.68 Å². The average Bonchev–Trinajstić information content (AvgIpc) is 2.53. The van der Waals surface area contributed by atoms with Crippen LogP contribution in [0.2, 0.25) is 0 Å². The fourth-order valence-corrected chi connectivity index (χ4v) is 2.09. The van der Waals surface area contributed by atoms with Gasteiger partial charge in [0, 0.05) is 18.9 Å². The van der Waals surface area contributed by atoms with Crippen LogP contribution in [0.25, 0.3) is 10.9 Å². The maximum Gasteiger partial charge on any atom is 0.303 e. The molecule has 0 saturated heterocycles. The van der Waals surface area contributed by atoms with Crippen LogP contribution in [0.1, 0.15) is 12.0 Å². The van der Waals surface area contributed by atoms with Crippen LogP contribution < -0.4 is 0 Å². The molecule has 2 aromatic rings. The summed E-state index contributed by atoms with van der Waals surface area (Å²) in [6.45, 7) is 0. The lowest BCUT2D eigenvalue weighted by Gasteiger charge is -1.99. The number of rotatable bonds is 3. The molecule has 1 heterocycles. The smallest absolute Gasteiger partial charge is 0.303 e. The van der Waals surface area contributed by atoms with Crippen molar-refractivity contribution in [1.82, 2.24) is 9.78 Å². The van der Waals surface area contributed by atoms with Gasteiger partial charge in [-0.15, -0.1) is 0 Å². The summed E-state index contributed by atoms with van der Waals surface area (Å²) in [5, 5.41) is 14.1. The third-order valence-electron chi connectivity index (χ3n) is 2.48. The van der Waals surface area contributed by atoms with Gasteiger partial charge in [-0.25, -0.2) is 0 Å². The molecule has 1 aromatic heterocycles. The predicted molar refractivity (Wildman–Crippen MR) is 64.4 cm³/mol. The van der Waals surface area contributed by atoms with E-state index in [9.17, 15) is 4.79 Å². The molecule has 0 amide bonds. The van der Waals surface area contributed by atoms with Crippen LogP contribution in [0.3, 0.4) is 0 Å². The number of nitrogens with zero attached hydrogens (tertiary/aromatic N) is 2. The van der Waals surface area contributed by atoms with Gasteiger partial charge in [0.15, 0.2) is 0 Å². The quantitative estimate of drug-likeness (QED) is 0.940. The molecule has 0 unspecified atom stereocenters. The summed E-state index contributed by atoms with van der Waals surface area (Å²) in [5.74, 6) is -0.785. The van der Waals surface area contributed by atoms with Gasteiger partial charge in [0.2, 0.25) is 0 Å². The van der Waals surface area contributed by atoms with Gasteiger partial charge in [-0.1, -0.05) is 18.2 Å². The van der Waals surface area contributed by atoms with E-state index in [0.717, 1.165) is 21.1 Å². The number of aromatic nitrogens is 2. The molecule has 84 valence electrons. The number of carbonyl (C=O) groups is 1. The lowest BCUT2D eigenvalue weighted by Crippen LogP contribution is -1.98. The summed E-state index contributed by atoms with van der Waals surface area (Å²) in [6.07, 6.45) is 0.642. The SMILES string of the molecule is Cn1nc2c(CCC(=O)O)cccc2c1Br. The fraction of sp³-hybridized carbons (Fsp3) is 0.273. The third kappa shape index (κ3) is 1.95. The highest BCUT2D eigenvalue weighted by Gasteiger charge is 2.10. The molecule has 1 aromatic carbocycles. The number of carboxylic acid groups (broad SMARTS) is 1. The zero-order valence-electron chi connectivity index (χ0n) is 8.77. The summed E-state index contributed by atoms with van der Waals surface area (Å²) in [4.78, 5) is 10.5. The Bertz CT molecular complexity index is 548. The molecule has 0 fully saturated rings. The van der Waals surface area contributed by atoms with Gasteiger partial charge in [0.25, 0.3) is 0 Å². The minimum Gasteiger partial charge on any atom is -0.481 e. The van der Waals surface area contributed by atoms with E-state index in [1.807, 2.05) is 25.2 Å². The highest BCUT2D eigenvalue weighted by Crippen LogP contribution is 2.26. The highest BCUT2D eigenvalue weighted by atomic mass is 79.9. The van der Waals surface area contributed by atoms with E-state index in [-0.39, 0.29) is 6.42 Å². The molecule has 0 bridgehead atoms. The van der Waals surface area contributed by atoms with Crippen molar-refractivity contribution < 1.29 is 9.90 Å². The number of carboxylic acids is 1. The van der Waals surface area contributed by atoms with E-state index in [4.69, 9.17) is 5.11 Å². The summed E-state index contributed by atoms with van der Waals surface area (Å²) in [5.41, 5.74) is 1.85. The fourth-order valence-electron chi connectivity index (χ4n) is 1.69. The molecule has 0 spiro atoms. The first-order chi connectivity index (χ1) is 7.59. The zero-order chi connectivity index (χ0) is 11.7. The number of halogens is 1. The Morgan fingerprint density at radius 1 is 1.56 bits per heavy atom. The number of hydrogen-bond acceptors (Lipinski definition) is 2. The molecule has 0 aliphatic rings. The number of hydrogen-bond donors (Lipinski definition) is 1. The van der Waals surface area contributed by atoms with Crippen LogP contribution in [-0.2, 0) is 18.3 Å². The van der Waals surface area contributed by atoms with Crippen molar-refractivity contribution in [3.63, 3.8) is 0 Å². The summed E-state index contributed by atoms with van der Waals surface area (Å²) in [7, 11) is 1.85. The molecular formula is C11H11BrN2O2. The Balaban J connectivity index is 2.45. The van der Waals surface area contributed by atoms with Gasteiger partial charge >= 0.3 is 5.97 Å². The van der Waals surface area contributed by atoms with Crippen LogP contribution in [0, 0.1) is 0 Å². The molecule has 2 rings (SSSR count). The Kier molecular flexibility index (Phi) is 2.96. The summed E-state index contributed by atoms with van der Waals surface area (Å²) >= 11 is 3.45. The predicted octanol–water partition coefficient (Wildman–Crippen LogP) is 2.35. The molecule has 0 radical (unpaired) electrons. The van der Waals surface area contributed by atoms with Crippen molar-refractivity contribution >= 4 is 32.8 Å². The minimum absolute atomic E-state index is 0.132. The van der Waals surface area contributed by atoms with Crippen molar-refractivity contribution in [3.8, 4) is 0 Å². The standard InChI is InChI=1S/C11H11BrN2O2/c1-14-11(12)8-4-2-3-7(10(8)13-14)5-6-9(15)16/h2-4H,5-6H2,1H3,(H,15,16). The van der Waals surface area contributed by atoms with Gasteiger partial charge in [0.05, 0.1) is 5.52 Å². The molecule has 0 atom stereocenters. The monoisotopic (exact) mass is 282 g/mol. The second-order valence-electron chi connectivity index (χ2n) is 3.62. The summed E-state index contributed by atoms with van der Waals surface area (Å²) < 4.78 is 2.66. The number of aliphatic carboxylic acids is 1. The van der Waals surface area contributed by atoms with E-state index in [1.165, 1.54) is 0 Å². The second kappa shape index (κ2) is 4.25. The van der Waals surface area contributed by atoms with Gasteiger partial charge < -0.3 is 5.11 Å². The van der Waals surface area contributed by atoms with E-state index in [2.05, 4.69) is 21.0 Å². The maximum atomic E-state index is 10.5. The van der Waals surface area contributed by atoms with Crippen molar-refractivity contribution in [1.29, 1.82) is 0 Å². The average molecular weight is 283 g/mol. The Morgan fingerprint density at radius 3 is 3.00 bits per heavy atom. The Hall–Kier alpha value is -1.36. The highest BCUT2D eigenvalue weighted by molar-refractivity contribution is 9.10. The summed E-state index contributed by atoms with van der Waals surface area (Å²) in [6, 6.07) is 5.81. The van der Waals surface area contributed by atoms with Gasteiger partial charge in [-0.05, 0) is 27.9 Å². The minimum atomic E-state index is -0.785. The van der Waals surface area contributed by atoms with Crippen molar-refractivity contribution in [2.45, 2.75) is 12.8 Å². The van der Waals surface area contributed by atoms with Crippen LogP contribution >= 0.6 is 15.9 Å². The Morgan fingerprint density at radius 2 is 2.31 bits per heavy atom. The number of benzene rings is 1. The molecule has 16 heavy (non-hydrogen) atoms. The van der Waals surface area contributed by atoms with Crippen LogP contribution in [0.15, 0.2) is 22.8 Å². The van der Waals surface area contributed by atoms with Crippen molar-refractivity contribution in [3.05, 3.63) is 28.4 Å². The molecule has 0 aliphatic heterocycles. The first-order valence-electron chi connectivity index (χ1n) is 4.91. The van der Waals surface area contributed by atoms with E-state index < -0.39 is 5.97 Å². The Labute approximate surface area is 101 Å². The van der Waals surface area contributed by atoms with Gasteiger partial charge in [-0.3, -0.25) is 9.48 Å². The van der Waals surface area contributed by atoms with Gasteiger partial charge in [0.1, 0.15) is 4.60 Å². The molecule has 1 N–H and O–H groups in total. The van der Waals surface area contributed by atoms with Crippen molar-refractivity contribution in [2.75, 3.05) is 0 Å². The number of fused-ring (bicyclic) bond motifs is 1. The van der Waals surface area contributed by atoms with E-state index >= 15 is 0 Å². The third-order valence-corrected chi connectivity index (χ3v) is 3.42.